The molecule has 0 spiro atoms. The molecule has 0 aliphatic carbocycles. The minimum atomic E-state index is -0.915. The van der Waals surface area contributed by atoms with Crippen molar-refractivity contribution >= 4 is 5.97 Å². The van der Waals surface area contributed by atoms with Gasteiger partial charge in [-0.25, -0.2) is 4.79 Å². The van der Waals surface area contributed by atoms with Crippen molar-refractivity contribution < 1.29 is 19.7 Å². The van der Waals surface area contributed by atoms with Gasteiger partial charge in [-0.2, -0.15) is 0 Å². The van der Waals surface area contributed by atoms with Crippen molar-refractivity contribution in [1.82, 2.24) is 0 Å². The Morgan fingerprint density at radius 2 is 2.07 bits per heavy atom. The molecule has 0 rings (SSSR count). The molecule has 2 N–H and O–H groups in total. The maximum Gasteiger partial charge on any atom is 0.330 e. The third kappa shape index (κ3) is 6.39. The van der Waals surface area contributed by atoms with Crippen molar-refractivity contribution in [1.29, 1.82) is 0 Å². The molecule has 0 heterocycles. The number of hydrogen-bond donors (Lipinski definition) is 2. The molecule has 80 valence electrons. The Morgan fingerprint density at radius 3 is 2.57 bits per heavy atom. The molecule has 0 bridgehead atoms. The fraction of sp³-hybridized carbons (Fsp3) is 0.500. The lowest BCUT2D eigenvalue weighted by Crippen LogP contribution is -2.19. The summed E-state index contributed by atoms with van der Waals surface area (Å²) < 4.78 is 4.62. The van der Waals surface area contributed by atoms with E-state index in [4.69, 9.17) is 10.2 Å². The Hall–Kier alpha value is -1.13. The summed E-state index contributed by atoms with van der Waals surface area (Å²) in [5.41, 5.74) is 0. The molecule has 0 saturated carbocycles. The van der Waals surface area contributed by atoms with Gasteiger partial charge >= 0.3 is 5.97 Å². The van der Waals surface area contributed by atoms with Crippen LogP contribution in [0.5, 0.6) is 0 Å². The average molecular weight is 200 g/mol. The van der Waals surface area contributed by atoms with Crippen molar-refractivity contribution in [2.24, 2.45) is 0 Å². The molecule has 0 amide bonds. The minimum absolute atomic E-state index is 0.336. The number of aliphatic hydroxyl groups excluding tert-OH is 2. The predicted octanol–water partition coefficient (Wildman–Crippen LogP) is 0.404. The maximum atomic E-state index is 10.8. The third-order valence-electron chi connectivity index (χ3n) is 1.43. The molecule has 0 fully saturated rings. The number of esters is 1. The first-order chi connectivity index (χ1) is 6.57. The largest absolute Gasteiger partial charge is 0.463 e. The number of carbonyl (C=O) groups excluding carboxylic acids is 1. The molecule has 0 unspecified atom stereocenters. The zero-order chi connectivity index (χ0) is 11.0. The maximum absolute atomic E-state index is 10.8. The number of carbonyl (C=O) groups is 1. The highest BCUT2D eigenvalue weighted by Crippen LogP contribution is 1.94. The van der Waals surface area contributed by atoms with E-state index in [1.807, 2.05) is 0 Å². The van der Waals surface area contributed by atoms with Gasteiger partial charge in [0.1, 0.15) is 0 Å². The van der Waals surface area contributed by atoms with Crippen LogP contribution in [0.1, 0.15) is 13.8 Å². The lowest BCUT2D eigenvalue weighted by Gasteiger charge is -2.06. The fourth-order valence-electron chi connectivity index (χ4n) is 0.663. The Bertz CT molecular complexity index is 218. The van der Waals surface area contributed by atoms with Crippen molar-refractivity contribution in [2.75, 3.05) is 6.61 Å². The van der Waals surface area contributed by atoms with Crippen molar-refractivity contribution in [3.05, 3.63) is 24.3 Å². The summed E-state index contributed by atoms with van der Waals surface area (Å²) >= 11 is 0. The fourth-order valence-corrected chi connectivity index (χ4v) is 0.663. The first kappa shape index (κ1) is 12.9. The molecule has 0 aromatic carbocycles. The van der Waals surface area contributed by atoms with Gasteiger partial charge in [0.05, 0.1) is 18.8 Å². The van der Waals surface area contributed by atoms with E-state index in [1.165, 1.54) is 31.2 Å². The summed E-state index contributed by atoms with van der Waals surface area (Å²) in [6.07, 6.45) is 3.83. The molecule has 0 radical (unpaired) electrons. The van der Waals surface area contributed by atoms with E-state index in [9.17, 15) is 4.79 Å². The first-order valence-corrected chi connectivity index (χ1v) is 4.45. The average Bonchev–Trinajstić information content (AvgIpc) is 2.12. The summed E-state index contributed by atoms with van der Waals surface area (Å²) in [4.78, 5) is 10.8. The lowest BCUT2D eigenvalue weighted by atomic mass is 10.2. The van der Waals surface area contributed by atoms with Gasteiger partial charge in [0.2, 0.25) is 0 Å². The third-order valence-corrected chi connectivity index (χ3v) is 1.43. The second kappa shape index (κ2) is 7.29. The van der Waals surface area contributed by atoms with E-state index in [0.717, 1.165) is 0 Å². The summed E-state index contributed by atoms with van der Waals surface area (Å²) in [5, 5.41) is 18.0. The van der Waals surface area contributed by atoms with Crippen LogP contribution in [0.4, 0.5) is 0 Å². The smallest absolute Gasteiger partial charge is 0.330 e. The minimum Gasteiger partial charge on any atom is -0.463 e. The summed E-state index contributed by atoms with van der Waals surface area (Å²) in [7, 11) is 0. The van der Waals surface area contributed by atoms with Crippen LogP contribution in [0.25, 0.3) is 0 Å². The van der Waals surface area contributed by atoms with Crippen LogP contribution < -0.4 is 0 Å². The van der Waals surface area contributed by atoms with E-state index >= 15 is 0 Å². The Morgan fingerprint density at radius 1 is 1.43 bits per heavy atom. The number of aliphatic hydroxyl groups is 2. The van der Waals surface area contributed by atoms with E-state index in [-0.39, 0.29) is 0 Å². The van der Waals surface area contributed by atoms with Crippen LogP contribution in [-0.2, 0) is 9.53 Å². The molecular weight excluding hydrogens is 184 g/mol. The van der Waals surface area contributed by atoms with Gasteiger partial charge < -0.3 is 14.9 Å². The van der Waals surface area contributed by atoms with E-state index in [0.29, 0.717) is 6.61 Å². The molecule has 0 aromatic heterocycles. The second-order valence-electron chi connectivity index (χ2n) is 2.73. The van der Waals surface area contributed by atoms with E-state index in [1.54, 1.807) is 6.92 Å². The van der Waals surface area contributed by atoms with Gasteiger partial charge in [0.25, 0.3) is 0 Å². The highest BCUT2D eigenvalue weighted by Gasteiger charge is 2.04. The molecule has 0 aliphatic rings. The zero-order valence-electron chi connectivity index (χ0n) is 8.38. The molecule has 0 aromatic rings. The SMILES string of the molecule is CCOC(=O)/C=C/C=C/[C@@H](O)[C@@H](C)O. The number of rotatable bonds is 5. The number of allylic oxidation sites excluding steroid dienone is 2. The number of ether oxygens (including phenoxy) is 1. The van der Waals surface area contributed by atoms with Crippen LogP contribution in [0.2, 0.25) is 0 Å². The second-order valence-corrected chi connectivity index (χ2v) is 2.73. The quantitative estimate of drug-likeness (QED) is 0.383. The monoisotopic (exact) mass is 200 g/mol. The molecule has 0 aliphatic heterocycles. The molecular formula is C10H16O4. The Kier molecular flexibility index (Phi) is 6.70. The van der Waals surface area contributed by atoms with Crippen molar-refractivity contribution in [3.63, 3.8) is 0 Å². The molecule has 14 heavy (non-hydrogen) atoms. The van der Waals surface area contributed by atoms with Crippen LogP contribution in [0.3, 0.4) is 0 Å². The molecule has 4 heteroatoms. The van der Waals surface area contributed by atoms with Crippen LogP contribution in [0, 0.1) is 0 Å². The zero-order valence-corrected chi connectivity index (χ0v) is 8.38. The lowest BCUT2D eigenvalue weighted by molar-refractivity contribution is -0.137. The summed E-state index contributed by atoms with van der Waals surface area (Å²) in [6.45, 7) is 3.53. The molecule has 0 saturated heterocycles. The van der Waals surface area contributed by atoms with Crippen LogP contribution in [-0.4, -0.2) is 35.0 Å². The van der Waals surface area contributed by atoms with Gasteiger partial charge in [-0.3, -0.25) is 0 Å². The van der Waals surface area contributed by atoms with Gasteiger partial charge in [-0.05, 0) is 13.8 Å². The van der Waals surface area contributed by atoms with E-state index < -0.39 is 18.2 Å². The molecule has 2 atom stereocenters. The Labute approximate surface area is 83.5 Å². The molecule has 4 nitrogen and oxygen atoms in total. The highest BCUT2D eigenvalue weighted by molar-refractivity contribution is 5.82. The standard InChI is InChI=1S/C10H16O4/c1-3-14-10(13)7-5-4-6-9(12)8(2)11/h4-9,11-12H,3H2,1-2H3/b6-4+,7-5+/t8-,9-/m1/s1. The first-order valence-electron chi connectivity index (χ1n) is 4.45. The Balaban J connectivity index is 3.86. The van der Waals surface area contributed by atoms with Crippen LogP contribution in [0.15, 0.2) is 24.3 Å². The summed E-state index contributed by atoms with van der Waals surface area (Å²) in [6, 6.07) is 0. The number of hydrogen-bond acceptors (Lipinski definition) is 4. The van der Waals surface area contributed by atoms with E-state index in [2.05, 4.69) is 4.74 Å². The predicted molar refractivity (Wildman–Crippen MR) is 52.6 cm³/mol. The van der Waals surface area contributed by atoms with Crippen molar-refractivity contribution in [3.8, 4) is 0 Å². The van der Waals surface area contributed by atoms with Gasteiger partial charge in [0, 0.05) is 6.08 Å². The van der Waals surface area contributed by atoms with Gasteiger partial charge in [0.15, 0.2) is 0 Å². The van der Waals surface area contributed by atoms with Gasteiger partial charge in [-0.1, -0.05) is 18.2 Å². The van der Waals surface area contributed by atoms with Crippen LogP contribution >= 0.6 is 0 Å². The highest BCUT2D eigenvalue weighted by atomic mass is 16.5. The van der Waals surface area contributed by atoms with Crippen molar-refractivity contribution in [2.45, 2.75) is 26.1 Å². The normalized spacial score (nSPS) is 16.0. The topological polar surface area (TPSA) is 66.8 Å². The van der Waals surface area contributed by atoms with Gasteiger partial charge in [-0.15, -0.1) is 0 Å². The summed E-state index contributed by atoms with van der Waals surface area (Å²) in [5.74, 6) is -0.427.